The van der Waals surface area contributed by atoms with Crippen LogP contribution in [0.1, 0.15) is 15.9 Å². The molecule has 0 aliphatic carbocycles. The monoisotopic (exact) mass is 385 g/mol. The maximum Gasteiger partial charge on any atom is 0.255 e. The molecule has 144 valence electrons. The number of carbonyl (C=O) groups is 1. The van der Waals surface area contributed by atoms with E-state index in [1.54, 1.807) is 23.9 Å². The Labute approximate surface area is 168 Å². The van der Waals surface area contributed by atoms with Crippen LogP contribution in [0.5, 0.6) is 5.75 Å². The molecule has 3 aromatic carbocycles. The zero-order chi connectivity index (χ0) is 20.1. The number of nitrogens with one attached hydrogen (secondary N) is 1. The highest BCUT2D eigenvalue weighted by Gasteiger charge is 2.11. The lowest BCUT2D eigenvalue weighted by Crippen LogP contribution is -2.12. The second-order valence-electron chi connectivity index (χ2n) is 6.46. The van der Waals surface area contributed by atoms with E-state index in [2.05, 4.69) is 20.8 Å². The van der Waals surface area contributed by atoms with Gasteiger partial charge in [-0.25, -0.2) is 4.68 Å². The van der Waals surface area contributed by atoms with Crippen LogP contribution in [0, 0.1) is 0 Å². The molecule has 0 unspecified atom stereocenters. The first-order chi connectivity index (χ1) is 14.2. The van der Waals surface area contributed by atoms with Gasteiger partial charge >= 0.3 is 0 Å². The van der Waals surface area contributed by atoms with Crippen molar-refractivity contribution in [2.45, 2.75) is 6.61 Å². The molecule has 0 saturated carbocycles. The Bertz CT molecular complexity index is 1120. The minimum atomic E-state index is -0.205. The number of nitrogens with zero attached hydrogens (tertiary/aromatic N) is 4. The molecule has 29 heavy (non-hydrogen) atoms. The zero-order valence-electron chi connectivity index (χ0n) is 15.8. The highest BCUT2D eigenvalue weighted by molar-refractivity contribution is 6.04. The van der Waals surface area contributed by atoms with Gasteiger partial charge in [0.2, 0.25) is 0 Å². The van der Waals surface area contributed by atoms with E-state index < -0.39 is 0 Å². The zero-order valence-corrected chi connectivity index (χ0v) is 15.8. The summed E-state index contributed by atoms with van der Waals surface area (Å²) in [4.78, 5) is 12.7. The molecule has 1 aromatic heterocycles. The fraction of sp³-hybridized carbons (Fsp3) is 0.0909. The molecule has 0 aliphatic heterocycles. The maximum absolute atomic E-state index is 12.7. The van der Waals surface area contributed by atoms with Crippen LogP contribution in [0.3, 0.4) is 0 Å². The fourth-order valence-electron chi connectivity index (χ4n) is 2.90. The molecule has 1 amide bonds. The van der Waals surface area contributed by atoms with Crippen LogP contribution in [0.15, 0.2) is 78.9 Å². The molecule has 1 N–H and O–H groups in total. The van der Waals surface area contributed by atoms with Crippen molar-refractivity contribution in [1.29, 1.82) is 0 Å². The molecule has 4 aromatic rings. The van der Waals surface area contributed by atoms with Crippen LogP contribution in [0.2, 0.25) is 0 Å². The van der Waals surface area contributed by atoms with E-state index in [-0.39, 0.29) is 5.91 Å². The van der Waals surface area contributed by atoms with Crippen molar-refractivity contribution in [2.24, 2.45) is 7.05 Å². The Morgan fingerprint density at radius 1 is 1.00 bits per heavy atom. The quantitative estimate of drug-likeness (QED) is 0.547. The van der Waals surface area contributed by atoms with Crippen LogP contribution in [-0.4, -0.2) is 26.1 Å². The minimum absolute atomic E-state index is 0.205. The molecular weight excluding hydrogens is 366 g/mol. The number of benzene rings is 3. The number of para-hydroxylation sites is 1. The van der Waals surface area contributed by atoms with Crippen molar-refractivity contribution < 1.29 is 9.53 Å². The molecule has 4 rings (SSSR count). The maximum atomic E-state index is 12.7. The van der Waals surface area contributed by atoms with Crippen molar-refractivity contribution in [2.75, 3.05) is 5.32 Å². The van der Waals surface area contributed by atoms with Crippen LogP contribution in [-0.2, 0) is 13.7 Å². The Balaban J connectivity index is 1.45. The van der Waals surface area contributed by atoms with Gasteiger partial charge in [0.15, 0.2) is 5.82 Å². The second kappa shape index (κ2) is 8.35. The molecule has 0 saturated heterocycles. The molecule has 0 fully saturated rings. The summed E-state index contributed by atoms with van der Waals surface area (Å²) in [6.45, 7) is 0.419. The number of aromatic nitrogens is 4. The molecule has 7 nitrogen and oxygen atoms in total. The highest BCUT2D eigenvalue weighted by Crippen LogP contribution is 2.19. The molecule has 0 aliphatic rings. The molecule has 1 heterocycles. The van der Waals surface area contributed by atoms with E-state index in [0.717, 1.165) is 16.9 Å². The first kappa shape index (κ1) is 18.4. The van der Waals surface area contributed by atoms with E-state index >= 15 is 0 Å². The summed E-state index contributed by atoms with van der Waals surface area (Å²) < 4.78 is 7.33. The number of anilines is 1. The van der Waals surface area contributed by atoms with Gasteiger partial charge in [-0.1, -0.05) is 42.5 Å². The Kier molecular flexibility index (Phi) is 5.29. The van der Waals surface area contributed by atoms with Gasteiger partial charge in [0.25, 0.3) is 5.91 Å². The number of rotatable bonds is 6. The van der Waals surface area contributed by atoms with E-state index in [4.69, 9.17) is 4.74 Å². The van der Waals surface area contributed by atoms with E-state index in [0.29, 0.717) is 23.7 Å². The van der Waals surface area contributed by atoms with E-state index in [1.807, 2.05) is 66.7 Å². The lowest BCUT2D eigenvalue weighted by Gasteiger charge is -2.10. The lowest BCUT2D eigenvalue weighted by molar-refractivity contribution is 0.102. The van der Waals surface area contributed by atoms with Gasteiger partial charge in [0, 0.05) is 23.9 Å². The summed E-state index contributed by atoms with van der Waals surface area (Å²) in [5.41, 5.74) is 2.96. The summed E-state index contributed by atoms with van der Waals surface area (Å²) in [5, 5.41) is 14.4. The van der Waals surface area contributed by atoms with Crippen molar-refractivity contribution in [1.82, 2.24) is 20.2 Å². The summed E-state index contributed by atoms with van der Waals surface area (Å²) in [7, 11) is 1.76. The Morgan fingerprint density at radius 3 is 2.62 bits per heavy atom. The van der Waals surface area contributed by atoms with E-state index in [9.17, 15) is 4.79 Å². The first-order valence-electron chi connectivity index (χ1n) is 9.10. The van der Waals surface area contributed by atoms with Gasteiger partial charge in [-0.05, 0) is 52.4 Å². The topological polar surface area (TPSA) is 81.9 Å². The lowest BCUT2D eigenvalue weighted by atomic mass is 10.1. The normalized spacial score (nSPS) is 10.5. The number of ether oxygens (including phenoxy) is 1. The third-order valence-electron chi connectivity index (χ3n) is 4.34. The van der Waals surface area contributed by atoms with Gasteiger partial charge in [0.1, 0.15) is 12.4 Å². The number of carbonyl (C=O) groups excluding carboxylic acids is 1. The van der Waals surface area contributed by atoms with E-state index in [1.165, 1.54) is 0 Å². The molecule has 0 spiro atoms. The van der Waals surface area contributed by atoms with Crippen molar-refractivity contribution in [3.8, 4) is 17.1 Å². The van der Waals surface area contributed by atoms with Gasteiger partial charge in [-0.2, -0.15) is 0 Å². The summed E-state index contributed by atoms with van der Waals surface area (Å²) in [6, 6.07) is 24.4. The van der Waals surface area contributed by atoms with Gasteiger partial charge in [-0.3, -0.25) is 4.79 Å². The third kappa shape index (κ3) is 4.47. The van der Waals surface area contributed by atoms with Crippen LogP contribution in [0.25, 0.3) is 11.4 Å². The molecule has 0 bridgehead atoms. The molecule has 0 atom stereocenters. The smallest absolute Gasteiger partial charge is 0.255 e. The summed E-state index contributed by atoms with van der Waals surface area (Å²) in [6.07, 6.45) is 0. The number of hydrogen-bond acceptors (Lipinski definition) is 5. The molecule has 7 heteroatoms. The Hall–Kier alpha value is -4.00. The standard InChI is InChI=1S/C22H19N5O2/c1-27-21(24-25-26-27)17-8-6-9-18(14-17)22(28)23-19-10-5-7-16(13-19)15-29-20-11-3-2-4-12-20/h2-14H,15H2,1H3,(H,23,28). The average molecular weight is 385 g/mol. The fourth-order valence-corrected chi connectivity index (χ4v) is 2.90. The minimum Gasteiger partial charge on any atom is -0.489 e. The highest BCUT2D eigenvalue weighted by atomic mass is 16.5. The Morgan fingerprint density at radius 2 is 1.83 bits per heavy atom. The van der Waals surface area contributed by atoms with Crippen LogP contribution in [0.4, 0.5) is 5.69 Å². The number of tetrazole rings is 1. The third-order valence-corrected chi connectivity index (χ3v) is 4.34. The van der Waals surface area contributed by atoms with Gasteiger partial charge in [-0.15, -0.1) is 5.10 Å². The average Bonchev–Trinajstić information content (AvgIpc) is 3.19. The molecule has 0 radical (unpaired) electrons. The number of hydrogen-bond donors (Lipinski definition) is 1. The largest absolute Gasteiger partial charge is 0.489 e. The van der Waals surface area contributed by atoms with Crippen molar-refractivity contribution in [3.05, 3.63) is 90.0 Å². The number of amides is 1. The van der Waals surface area contributed by atoms with Gasteiger partial charge < -0.3 is 10.1 Å². The van der Waals surface area contributed by atoms with Crippen LogP contribution < -0.4 is 10.1 Å². The summed E-state index contributed by atoms with van der Waals surface area (Å²) in [5.74, 6) is 1.19. The first-order valence-corrected chi connectivity index (χ1v) is 9.10. The predicted molar refractivity (Wildman–Crippen MR) is 109 cm³/mol. The molecular formula is C22H19N5O2. The van der Waals surface area contributed by atoms with Crippen molar-refractivity contribution in [3.63, 3.8) is 0 Å². The second-order valence-corrected chi connectivity index (χ2v) is 6.46. The van der Waals surface area contributed by atoms with Crippen LogP contribution >= 0.6 is 0 Å². The summed E-state index contributed by atoms with van der Waals surface area (Å²) >= 11 is 0. The van der Waals surface area contributed by atoms with Crippen molar-refractivity contribution >= 4 is 11.6 Å². The predicted octanol–water partition coefficient (Wildman–Crippen LogP) is 3.71. The van der Waals surface area contributed by atoms with Gasteiger partial charge in [0.05, 0.1) is 0 Å². The number of aryl methyl sites for hydroxylation is 1. The SMILES string of the molecule is Cn1nnnc1-c1cccc(C(=O)Nc2cccc(COc3ccccc3)c2)c1.